The Bertz CT molecular complexity index is 956. The van der Waals surface area contributed by atoms with Crippen molar-refractivity contribution < 1.29 is 15.1 Å². The fraction of sp³-hybridized carbons (Fsp3) is 0.935. The average Bonchev–Trinajstić information content (AvgIpc) is 3.18. The maximum atomic E-state index is 11.5. The molecule has 204 valence electrons. The highest BCUT2D eigenvalue weighted by atomic mass is 16.6. The van der Waals surface area contributed by atoms with E-state index in [4.69, 9.17) is 0 Å². The quantitative estimate of drug-likeness (QED) is 0.252. The normalized spacial score (nSPS) is 48.6. The molecule has 0 heterocycles. The molecule has 0 saturated heterocycles. The van der Waals surface area contributed by atoms with Crippen LogP contribution >= 0.6 is 0 Å². The number of aliphatic hydroxyl groups excluding tert-OH is 2. The SMILES string of the molecule is CC(C)C1=C2[C@H]3CC[C@@H]4[C@@]5(C)CC[C@H](O)C(C)(C)[C@H]5CC[C@@]4(C)[C@]3(C)CC[C@@]2(C(O)C[N+](=O)[O-])CC1. The number of allylic oxidation sites excluding steroid dienone is 1. The van der Waals surface area contributed by atoms with Crippen molar-refractivity contribution in [3.63, 3.8) is 0 Å². The van der Waals surface area contributed by atoms with Gasteiger partial charge in [0.15, 0.2) is 0 Å². The minimum absolute atomic E-state index is 0.0424. The molecule has 2 N–H and O–H groups in total. The molecular weight excluding hydrogens is 450 g/mol. The van der Waals surface area contributed by atoms with Crippen molar-refractivity contribution in [1.82, 2.24) is 0 Å². The molecule has 0 bridgehead atoms. The van der Waals surface area contributed by atoms with Crippen LogP contribution < -0.4 is 0 Å². The first kappa shape index (κ1) is 26.7. The van der Waals surface area contributed by atoms with Crippen LogP contribution in [-0.4, -0.2) is 33.9 Å². The van der Waals surface area contributed by atoms with Crippen LogP contribution in [-0.2, 0) is 0 Å². The standard InChI is InChI=1S/C31H51NO4/c1-19(2)20-10-15-31(25(34)18-32(35)36)17-16-29(6)21(26(20)31)8-9-23-28(5)13-12-24(33)27(3,4)22(28)11-14-30(23,29)7/h19,21-25,33-34H,8-18H2,1-7H3/t21-,22-,23-,24+,25?,28+,29-,30-,31-/m1/s1. The molecule has 1 unspecified atom stereocenters. The first-order valence-electron chi connectivity index (χ1n) is 14.9. The lowest BCUT2D eigenvalue weighted by Crippen LogP contribution is -2.66. The Balaban J connectivity index is 1.57. The first-order valence-corrected chi connectivity index (χ1v) is 14.9. The molecule has 4 fully saturated rings. The van der Waals surface area contributed by atoms with Crippen LogP contribution in [0, 0.1) is 60.9 Å². The lowest BCUT2D eigenvalue weighted by Gasteiger charge is -2.72. The fourth-order valence-electron chi connectivity index (χ4n) is 11.5. The zero-order chi connectivity index (χ0) is 26.5. The lowest BCUT2D eigenvalue weighted by molar-refractivity contribution is -0.494. The van der Waals surface area contributed by atoms with Gasteiger partial charge in [-0.3, -0.25) is 10.1 Å². The lowest BCUT2D eigenvalue weighted by atomic mass is 9.33. The van der Waals surface area contributed by atoms with Crippen LogP contribution in [0.15, 0.2) is 11.1 Å². The number of aliphatic hydroxyl groups is 2. The molecule has 0 spiro atoms. The molecule has 0 aromatic carbocycles. The minimum Gasteiger partial charge on any atom is -0.393 e. The molecule has 5 aliphatic rings. The van der Waals surface area contributed by atoms with E-state index in [9.17, 15) is 20.3 Å². The molecule has 4 saturated carbocycles. The number of rotatable bonds is 4. The van der Waals surface area contributed by atoms with Crippen LogP contribution in [0.1, 0.15) is 113 Å². The third-order valence-electron chi connectivity index (χ3n) is 13.7. The Morgan fingerprint density at radius 1 is 0.917 bits per heavy atom. The van der Waals surface area contributed by atoms with E-state index in [1.54, 1.807) is 0 Å². The Hall–Kier alpha value is -0.940. The molecule has 5 aliphatic carbocycles. The Morgan fingerprint density at radius 3 is 2.25 bits per heavy atom. The summed E-state index contributed by atoms with van der Waals surface area (Å²) >= 11 is 0. The number of hydrogen-bond donors (Lipinski definition) is 2. The van der Waals surface area contributed by atoms with Crippen LogP contribution in [0.5, 0.6) is 0 Å². The average molecular weight is 502 g/mol. The molecule has 0 aliphatic heterocycles. The van der Waals surface area contributed by atoms with Gasteiger partial charge in [-0.2, -0.15) is 0 Å². The van der Waals surface area contributed by atoms with Gasteiger partial charge in [-0.05, 0) is 110 Å². The summed E-state index contributed by atoms with van der Waals surface area (Å²) in [6, 6.07) is 0. The van der Waals surface area contributed by atoms with E-state index in [0.29, 0.717) is 23.7 Å². The third-order valence-corrected chi connectivity index (χ3v) is 13.7. The van der Waals surface area contributed by atoms with E-state index in [2.05, 4.69) is 48.5 Å². The van der Waals surface area contributed by atoms with Crippen LogP contribution in [0.3, 0.4) is 0 Å². The first-order chi connectivity index (χ1) is 16.6. The van der Waals surface area contributed by atoms with Crippen molar-refractivity contribution >= 4 is 0 Å². The van der Waals surface area contributed by atoms with Gasteiger partial charge in [-0.25, -0.2) is 0 Å². The van der Waals surface area contributed by atoms with Crippen molar-refractivity contribution in [3.8, 4) is 0 Å². The molecule has 5 nitrogen and oxygen atoms in total. The van der Waals surface area contributed by atoms with Crippen LogP contribution in [0.25, 0.3) is 0 Å². The van der Waals surface area contributed by atoms with E-state index in [1.807, 2.05) is 0 Å². The van der Waals surface area contributed by atoms with Gasteiger partial charge in [0, 0.05) is 10.3 Å². The Kier molecular flexibility index (Phi) is 6.13. The largest absolute Gasteiger partial charge is 0.393 e. The Morgan fingerprint density at radius 2 is 1.61 bits per heavy atom. The van der Waals surface area contributed by atoms with E-state index >= 15 is 0 Å². The maximum Gasteiger partial charge on any atom is 0.230 e. The fourth-order valence-corrected chi connectivity index (χ4v) is 11.5. The van der Waals surface area contributed by atoms with Crippen molar-refractivity contribution in [2.24, 2.45) is 50.7 Å². The zero-order valence-electron chi connectivity index (χ0n) is 23.9. The highest BCUT2D eigenvalue weighted by Crippen LogP contribution is 2.77. The van der Waals surface area contributed by atoms with E-state index < -0.39 is 11.5 Å². The molecule has 0 aromatic rings. The summed E-state index contributed by atoms with van der Waals surface area (Å²) in [5.41, 5.74) is 3.09. The summed E-state index contributed by atoms with van der Waals surface area (Å²) in [5.74, 6) is 2.02. The number of nitrogens with zero attached hydrogens (tertiary/aromatic N) is 1. The number of fused-ring (bicyclic) bond motifs is 7. The highest BCUT2D eigenvalue weighted by molar-refractivity contribution is 5.38. The third kappa shape index (κ3) is 3.26. The predicted molar refractivity (Wildman–Crippen MR) is 143 cm³/mol. The second-order valence-electron chi connectivity index (χ2n) is 15.3. The number of nitro groups is 1. The molecule has 9 atom stereocenters. The van der Waals surface area contributed by atoms with Crippen molar-refractivity contribution in [3.05, 3.63) is 21.3 Å². The van der Waals surface area contributed by atoms with Gasteiger partial charge in [-0.1, -0.05) is 59.6 Å². The molecular formula is C31H51NO4. The Labute approximate surface area is 218 Å². The summed E-state index contributed by atoms with van der Waals surface area (Å²) in [6.07, 6.45) is 9.47. The van der Waals surface area contributed by atoms with Crippen molar-refractivity contribution in [2.45, 2.75) is 125 Å². The highest BCUT2D eigenvalue weighted by Gasteiger charge is 2.70. The summed E-state index contributed by atoms with van der Waals surface area (Å²) in [5, 5.41) is 33.8. The van der Waals surface area contributed by atoms with Crippen molar-refractivity contribution in [2.75, 3.05) is 6.54 Å². The van der Waals surface area contributed by atoms with E-state index in [1.165, 1.54) is 30.4 Å². The minimum atomic E-state index is -0.886. The van der Waals surface area contributed by atoms with Gasteiger partial charge in [0.1, 0.15) is 6.10 Å². The summed E-state index contributed by atoms with van der Waals surface area (Å²) in [7, 11) is 0. The monoisotopic (exact) mass is 501 g/mol. The molecule has 5 heteroatoms. The van der Waals surface area contributed by atoms with Gasteiger partial charge in [-0.15, -0.1) is 0 Å². The summed E-state index contributed by atoms with van der Waals surface area (Å²) < 4.78 is 0. The molecule has 36 heavy (non-hydrogen) atoms. The summed E-state index contributed by atoms with van der Waals surface area (Å²) in [4.78, 5) is 11.2. The van der Waals surface area contributed by atoms with Gasteiger partial charge >= 0.3 is 0 Å². The van der Waals surface area contributed by atoms with Gasteiger partial charge in [0.05, 0.1) is 6.10 Å². The van der Waals surface area contributed by atoms with Gasteiger partial charge in [0.2, 0.25) is 6.54 Å². The topological polar surface area (TPSA) is 83.6 Å². The smallest absolute Gasteiger partial charge is 0.230 e. The second kappa shape index (κ2) is 8.28. The number of hydrogen-bond acceptors (Lipinski definition) is 4. The van der Waals surface area contributed by atoms with Gasteiger partial charge < -0.3 is 10.2 Å². The zero-order valence-corrected chi connectivity index (χ0v) is 23.9. The van der Waals surface area contributed by atoms with E-state index in [-0.39, 0.29) is 39.2 Å². The van der Waals surface area contributed by atoms with Crippen LogP contribution in [0.2, 0.25) is 0 Å². The second-order valence-corrected chi connectivity index (χ2v) is 15.3. The van der Waals surface area contributed by atoms with Crippen LogP contribution in [0.4, 0.5) is 0 Å². The molecule has 0 radical (unpaired) electrons. The summed E-state index contributed by atoms with van der Waals surface area (Å²) in [6.45, 7) is 16.5. The van der Waals surface area contributed by atoms with E-state index in [0.717, 1.165) is 44.9 Å². The molecule has 0 amide bonds. The molecule has 0 aromatic heterocycles. The molecule has 5 rings (SSSR count). The maximum absolute atomic E-state index is 11.5. The van der Waals surface area contributed by atoms with Gasteiger partial charge in [0.25, 0.3) is 0 Å². The van der Waals surface area contributed by atoms with Crippen molar-refractivity contribution in [1.29, 1.82) is 0 Å². The predicted octanol–water partition coefficient (Wildman–Crippen LogP) is 6.79.